The molecule has 15 heavy (non-hydrogen) atoms. The van der Waals surface area contributed by atoms with E-state index in [0.29, 0.717) is 11.8 Å². The molecular weight excluding hydrogens is 184 g/mol. The van der Waals surface area contributed by atoms with Crippen LogP contribution in [-0.4, -0.2) is 9.38 Å². The van der Waals surface area contributed by atoms with Crippen LogP contribution >= 0.6 is 0 Å². The van der Waals surface area contributed by atoms with E-state index in [4.69, 9.17) is 0 Å². The third-order valence-corrected chi connectivity index (χ3v) is 2.82. The summed E-state index contributed by atoms with van der Waals surface area (Å²) in [4.78, 5) is 4.45. The molecule has 2 heterocycles. The maximum atomic E-state index is 4.45. The largest absolute Gasteiger partial charge is 0.304 e. The Kier molecular flexibility index (Phi) is 2.51. The molecule has 0 atom stereocenters. The zero-order valence-corrected chi connectivity index (χ0v) is 9.86. The molecule has 0 aromatic carbocycles. The number of aromatic nitrogens is 2. The molecule has 2 nitrogen and oxygen atoms in total. The zero-order chi connectivity index (χ0) is 11.0. The van der Waals surface area contributed by atoms with Gasteiger partial charge in [-0.1, -0.05) is 27.7 Å². The number of rotatable bonds is 2. The maximum absolute atomic E-state index is 4.45. The third-order valence-electron chi connectivity index (χ3n) is 2.82. The average molecular weight is 202 g/mol. The summed E-state index contributed by atoms with van der Waals surface area (Å²) in [6, 6.07) is 4.36. The Labute approximate surface area is 91.0 Å². The Morgan fingerprint density at radius 1 is 1.13 bits per heavy atom. The van der Waals surface area contributed by atoms with E-state index in [1.54, 1.807) is 0 Å². The molecule has 0 aliphatic carbocycles. The van der Waals surface area contributed by atoms with Crippen molar-refractivity contribution in [3.63, 3.8) is 0 Å². The van der Waals surface area contributed by atoms with E-state index in [-0.39, 0.29) is 0 Å². The molecule has 0 bridgehead atoms. The minimum absolute atomic E-state index is 0.518. The van der Waals surface area contributed by atoms with Gasteiger partial charge in [-0.25, -0.2) is 4.98 Å². The molecule has 0 saturated heterocycles. The topological polar surface area (TPSA) is 17.3 Å². The summed E-state index contributed by atoms with van der Waals surface area (Å²) >= 11 is 0. The van der Waals surface area contributed by atoms with Crippen LogP contribution in [0.2, 0.25) is 0 Å². The second kappa shape index (κ2) is 3.69. The van der Waals surface area contributed by atoms with Crippen molar-refractivity contribution in [3.8, 4) is 0 Å². The Morgan fingerprint density at radius 3 is 2.47 bits per heavy atom. The van der Waals surface area contributed by atoms with Crippen molar-refractivity contribution in [2.24, 2.45) is 0 Å². The normalized spacial score (nSPS) is 11.9. The molecule has 2 heteroatoms. The fourth-order valence-corrected chi connectivity index (χ4v) is 1.80. The van der Waals surface area contributed by atoms with Crippen molar-refractivity contribution in [3.05, 3.63) is 35.8 Å². The van der Waals surface area contributed by atoms with Crippen molar-refractivity contribution in [2.75, 3.05) is 0 Å². The van der Waals surface area contributed by atoms with Crippen LogP contribution in [0, 0.1) is 0 Å². The summed E-state index contributed by atoms with van der Waals surface area (Å²) in [5, 5.41) is 0. The molecule has 0 amide bonds. The van der Waals surface area contributed by atoms with E-state index in [0.717, 1.165) is 5.65 Å². The van der Waals surface area contributed by atoms with E-state index in [2.05, 4.69) is 55.4 Å². The number of fused-ring (bicyclic) bond motifs is 1. The number of imidazole rings is 1. The molecule has 0 aliphatic rings. The molecule has 0 aliphatic heterocycles. The standard InChI is InChI=1S/C13H18N2/c1-9(2)11-5-6-15-12(10(3)4)8-14-13(15)7-11/h5-10H,1-4H3. The second-order valence-corrected chi connectivity index (χ2v) is 4.68. The fourth-order valence-electron chi connectivity index (χ4n) is 1.80. The predicted molar refractivity (Wildman–Crippen MR) is 63.4 cm³/mol. The van der Waals surface area contributed by atoms with Gasteiger partial charge in [0.2, 0.25) is 0 Å². The van der Waals surface area contributed by atoms with Gasteiger partial charge in [-0.3, -0.25) is 0 Å². The van der Waals surface area contributed by atoms with E-state index >= 15 is 0 Å². The van der Waals surface area contributed by atoms with Crippen molar-refractivity contribution in [1.82, 2.24) is 9.38 Å². The first-order valence-electron chi connectivity index (χ1n) is 5.56. The summed E-state index contributed by atoms with van der Waals surface area (Å²) in [7, 11) is 0. The Balaban J connectivity index is 2.57. The Hall–Kier alpha value is -1.31. The van der Waals surface area contributed by atoms with Gasteiger partial charge >= 0.3 is 0 Å². The number of hydrogen-bond donors (Lipinski definition) is 0. The first-order valence-corrected chi connectivity index (χ1v) is 5.56. The fraction of sp³-hybridized carbons (Fsp3) is 0.462. The van der Waals surface area contributed by atoms with Crippen LogP contribution < -0.4 is 0 Å². The Morgan fingerprint density at radius 2 is 1.87 bits per heavy atom. The monoisotopic (exact) mass is 202 g/mol. The molecule has 0 saturated carbocycles. The van der Waals surface area contributed by atoms with Gasteiger partial charge in [0.15, 0.2) is 0 Å². The van der Waals surface area contributed by atoms with Crippen LogP contribution in [0.4, 0.5) is 0 Å². The number of hydrogen-bond acceptors (Lipinski definition) is 1. The van der Waals surface area contributed by atoms with Gasteiger partial charge in [-0.2, -0.15) is 0 Å². The molecule has 0 radical (unpaired) electrons. The molecule has 80 valence electrons. The van der Waals surface area contributed by atoms with Crippen molar-refractivity contribution >= 4 is 5.65 Å². The number of pyridine rings is 1. The van der Waals surface area contributed by atoms with Crippen LogP contribution in [0.3, 0.4) is 0 Å². The van der Waals surface area contributed by atoms with Gasteiger partial charge in [0.25, 0.3) is 0 Å². The first-order chi connectivity index (χ1) is 7.09. The maximum Gasteiger partial charge on any atom is 0.137 e. The second-order valence-electron chi connectivity index (χ2n) is 4.68. The lowest BCUT2D eigenvalue weighted by Gasteiger charge is -2.08. The molecule has 0 N–H and O–H groups in total. The number of nitrogens with zero attached hydrogens (tertiary/aromatic N) is 2. The van der Waals surface area contributed by atoms with E-state index in [1.165, 1.54) is 11.3 Å². The lowest BCUT2D eigenvalue weighted by atomic mass is 10.1. The smallest absolute Gasteiger partial charge is 0.137 e. The molecule has 0 unspecified atom stereocenters. The van der Waals surface area contributed by atoms with Gasteiger partial charge in [-0.05, 0) is 29.5 Å². The summed E-state index contributed by atoms with van der Waals surface area (Å²) < 4.78 is 2.18. The highest BCUT2D eigenvalue weighted by Crippen LogP contribution is 2.20. The van der Waals surface area contributed by atoms with E-state index in [9.17, 15) is 0 Å². The molecule has 0 spiro atoms. The summed E-state index contributed by atoms with van der Waals surface area (Å²) in [5.74, 6) is 1.08. The van der Waals surface area contributed by atoms with Gasteiger partial charge in [-0.15, -0.1) is 0 Å². The van der Waals surface area contributed by atoms with Crippen LogP contribution in [-0.2, 0) is 0 Å². The van der Waals surface area contributed by atoms with Gasteiger partial charge in [0, 0.05) is 18.1 Å². The molecular formula is C13H18N2. The van der Waals surface area contributed by atoms with Crippen LogP contribution in [0.15, 0.2) is 24.5 Å². The SMILES string of the molecule is CC(C)c1ccn2c(C(C)C)cnc2c1. The van der Waals surface area contributed by atoms with Crippen LogP contribution in [0.25, 0.3) is 5.65 Å². The van der Waals surface area contributed by atoms with Crippen molar-refractivity contribution < 1.29 is 0 Å². The zero-order valence-electron chi connectivity index (χ0n) is 9.86. The van der Waals surface area contributed by atoms with Gasteiger partial charge in [0.1, 0.15) is 5.65 Å². The lowest BCUT2D eigenvalue weighted by molar-refractivity contribution is 0.804. The van der Waals surface area contributed by atoms with E-state index in [1.807, 2.05) is 6.20 Å². The van der Waals surface area contributed by atoms with Gasteiger partial charge in [0.05, 0.1) is 0 Å². The van der Waals surface area contributed by atoms with Crippen molar-refractivity contribution in [1.29, 1.82) is 0 Å². The van der Waals surface area contributed by atoms with Crippen molar-refractivity contribution in [2.45, 2.75) is 39.5 Å². The quantitative estimate of drug-likeness (QED) is 0.727. The highest BCUT2D eigenvalue weighted by atomic mass is 15.0. The highest BCUT2D eigenvalue weighted by molar-refractivity contribution is 5.44. The van der Waals surface area contributed by atoms with Gasteiger partial charge < -0.3 is 4.40 Å². The van der Waals surface area contributed by atoms with E-state index < -0.39 is 0 Å². The summed E-state index contributed by atoms with van der Waals surface area (Å²) in [6.07, 6.45) is 4.11. The summed E-state index contributed by atoms with van der Waals surface area (Å²) in [5.41, 5.74) is 3.69. The first kappa shape index (κ1) is 10.2. The lowest BCUT2D eigenvalue weighted by Crippen LogP contribution is -1.96. The highest BCUT2D eigenvalue weighted by Gasteiger charge is 2.08. The third kappa shape index (κ3) is 1.76. The summed E-state index contributed by atoms with van der Waals surface area (Å²) in [6.45, 7) is 8.80. The Bertz CT molecular complexity index is 466. The minimum atomic E-state index is 0.518. The molecule has 2 rings (SSSR count). The van der Waals surface area contributed by atoms with Crippen LogP contribution in [0.1, 0.15) is 50.8 Å². The minimum Gasteiger partial charge on any atom is -0.304 e. The molecule has 2 aromatic rings. The molecule has 0 fully saturated rings. The van der Waals surface area contributed by atoms with Crippen LogP contribution in [0.5, 0.6) is 0 Å². The predicted octanol–water partition coefficient (Wildman–Crippen LogP) is 3.58. The average Bonchev–Trinajstić information content (AvgIpc) is 2.59. The molecule has 2 aromatic heterocycles.